The molecule has 1 aromatic heterocycles. The maximum Gasteiger partial charge on any atom is 0.135 e. The molecule has 2 aromatic rings. The zero-order chi connectivity index (χ0) is 14.2. The highest BCUT2D eigenvalue weighted by molar-refractivity contribution is 6.19. The van der Waals surface area contributed by atoms with E-state index in [1.165, 1.54) is 0 Å². The summed E-state index contributed by atoms with van der Waals surface area (Å²) >= 11 is 5.59. The van der Waals surface area contributed by atoms with Crippen LogP contribution < -0.4 is 9.47 Å². The highest BCUT2D eigenvalue weighted by Crippen LogP contribution is 2.23. The van der Waals surface area contributed by atoms with Gasteiger partial charge in [0, 0.05) is 12.4 Å². The van der Waals surface area contributed by atoms with Gasteiger partial charge in [0.25, 0.3) is 0 Å². The van der Waals surface area contributed by atoms with E-state index in [2.05, 4.69) is 16.9 Å². The highest BCUT2D eigenvalue weighted by Gasteiger charge is 2.04. The molecule has 0 aliphatic carbocycles. The zero-order valence-corrected chi connectivity index (χ0v) is 11.9. The first-order valence-corrected chi connectivity index (χ1v) is 6.70. The van der Waals surface area contributed by atoms with Crippen LogP contribution in [0.15, 0.2) is 36.7 Å². The normalized spacial score (nSPS) is 9.70. The maximum atomic E-state index is 5.75. The molecule has 0 bridgehead atoms. The molecular formula is C15H15ClN2O2. The summed E-state index contributed by atoms with van der Waals surface area (Å²) in [4.78, 5) is 0. The molecule has 0 radical (unpaired) electrons. The number of methoxy groups -OCH3 is 1. The van der Waals surface area contributed by atoms with Gasteiger partial charge in [-0.05, 0) is 24.3 Å². The molecule has 0 N–H and O–H groups in total. The predicted molar refractivity (Wildman–Crippen MR) is 78.3 cm³/mol. The largest absolute Gasteiger partial charge is 0.497 e. The van der Waals surface area contributed by atoms with Crippen LogP contribution in [0, 0.1) is 11.8 Å². The summed E-state index contributed by atoms with van der Waals surface area (Å²) in [6, 6.07) is 7.41. The quantitative estimate of drug-likeness (QED) is 0.627. The molecule has 0 aliphatic rings. The van der Waals surface area contributed by atoms with Crippen molar-refractivity contribution in [1.82, 2.24) is 9.78 Å². The van der Waals surface area contributed by atoms with Crippen molar-refractivity contribution in [2.75, 3.05) is 19.6 Å². The van der Waals surface area contributed by atoms with Gasteiger partial charge in [-0.2, -0.15) is 5.10 Å². The van der Waals surface area contributed by atoms with E-state index in [-0.39, 0.29) is 5.88 Å². The van der Waals surface area contributed by atoms with Gasteiger partial charge in [0.05, 0.1) is 25.1 Å². The molecule has 0 amide bonds. The Morgan fingerprint density at radius 1 is 1.40 bits per heavy atom. The molecule has 2 rings (SSSR count). The Hall–Kier alpha value is -2.12. The summed E-state index contributed by atoms with van der Waals surface area (Å²) in [6.07, 6.45) is 3.64. The van der Waals surface area contributed by atoms with Gasteiger partial charge in [-0.15, -0.1) is 11.6 Å². The fourth-order valence-corrected chi connectivity index (χ4v) is 1.74. The van der Waals surface area contributed by atoms with E-state index in [1.807, 2.05) is 35.1 Å². The third-order valence-corrected chi connectivity index (χ3v) is 2.75. The number of benzene rings is 1. The number of ether oxygens (including phenoxy) is 2. The molecule has 104 valence electrons. The fourth-order valence-electron chi connectivity index (χ4n) is 1.67. The molecule has 5 heteroatoms. The minimum Gasteiger partial charge on any atom is -0.497 e. The maximum absolute atomic E-state index is 5.75. The Morgan fingerprint density at radius 3 is 3.00 bits per heavy atom. The van der Waals surface area contributed by atoms with Gasteiger partial charge in [0.2, 0.25) is 0 Å². The molecule has 20 heavy (non-hydrogen) atoms. The second kappa shape index (κ2) is 7.46. The summed E-state index contributed by atoms with van der Waals surface area (Å²) < 4.78 is 12.7. The van der Waals surface area contributed by atoms with Gasteiger partial charge < -0.3 is 9.47 Å². The molecule has 4 nitrogen and oxygen atoms in total. The number of hydrogen-bond acceptors (Lipinski definition) is 3. The highest BCUT2D eigenvalue weighted by atomic mass is 35.5. The van der Waals surface area contributed by atoms with Crippen molar-refractivity contribution in [3.05, 3.63) is 42.2 Å². The second-order valence-electron chi connectivity index (χ2n) is 3.92. The summed E-state index contributed by atoms with van der Waals surface area (Å²) in [7, 11) is 1.62. The molecule has 1 heterocycles. The molecule has 0 aliphatic heterocycles. The van der Waals surface area contributed by atoms with E-state index in [0.29, 0.717) is 13.2 Å². The Kier molecular flexibility index (Phi) is 5.33. The number of aromatic nitrogens is 2. The van der Waals surface area contributed by atoms with Gasteiger partial charge in [-0.3, -0.25) is 4.68 Å². The summed E-state index contributed by atoms with van der Waals surface area (Å²) in [5.41, 5.74) is 0.769. The lowest BCUT2D eigenvalue weighted by atomic mass is 10.2. The average molecular weight is 291 g/mol. The summed E-state index contributed by atoms with van der Waals surface area (Å²) in [5, 5.41) is 4.12. The van der Waals surface area contributed by atoms with E-state index in [1.54, 1.807) is 13.3 Å². The predicted octanol–water partition coefficient (Wildman–Crippen LogP) is 2.56. The van der Waals surface area contributed by atoms with Crippen LogP contribution in [0.2, 0.25) is 0 Å². The lowest BCUT2D eigenvalue weighted by Crippen LogP contribution is -2.09. The molecular weight excluding hydrogens is 276 g/mol. The van der Waals surface area contributed by atoms with Crippen molar-refractivity contribution in [2.45, 2.75) is 6.54 Å². The average Bonchev–Trinajstić information content (AvgIpc) is 2.99. The van der Waals surface area contributed by atoms with Gasteiger partial charge in [0.1, 0.15) is 18.1 Å². The third-order valence-electron chi connectivity index (χ3n) is 2.61. The second-order valence-corrected chi connectivity index (χ2v) is 4.18. The number of rotatable bonds is 5. The van der Waals surface area contributed by atoms with Crippen LogP contribution in [0.3, 0.4) is 0 Å². The van der Waals surface area contributed by atoms with Crippen LogP contribution >= 0.6 is 11.6 Å². The SMILES string of the molecule is COc1ccc(OCCn2cccn2)c(C#CCCl)c1. The van der Waals surface area contributed by atoms with E-state index >= 15 is 0 Å². The Morgan fingerprint density at radius 2 is 2.30 bits per heavy atom. The minimum atomic E-state index is 0.282. The Labute approximate surface area is 123 Å². The number of hydrogen-bond donors (Lipinski definition) is 0. The van der Waals surface area contributed by atoms with Crippen LogP contribution in [0.4, 0.5) is 0 Å². The first-order valence-electron chi connectivity index (χ1n) is 6.16. The Bertz CT molecular complexity index is 600. The van der Waals surface area contributed by atoms with Gasteiger partial charge in [0.15, 0.2) is 0 Å². The molecule has 1 aromatic carbocycles. The number of halogens is 1. The molecule has 0 fully saturated rings. The van der Waals surface area contributed by atoms with E-state index in [0.717, 1.165) is 17.1 Å². The molecule has 0 spiro atoms. The zero-order valence-electron chi connectivity index (χ0n) is 11.2. The van der Waals surface area contributed by atoms with Crippen molar-refractivity contribution in [3.8, 4) is 23.3 Å². The van der Waals surface area contributed by atoms with Crippen LogP contribution in [0.1, 0.15) is 5.56 Å². The van der Waals surface area contributed by atoms with Crippen LogP contribution in [-0.2, 0) is 6.54 Å². The van der Waals surface area contributed by atoms with E-state index < -0.39 is 0 Å². The topological polar surface area (TPSA) is 36.3 Å². The third kappa shape index (κ3) is 3.94. The van der Waals surface area contributed by atoms with Crippen molar-refractivity contribution < 1.29 is 9.47 Å². The van der Waals surface area contributed by atoms with Crippen molar-refractivity contribution in [2.24, 2.45) is 0 Å². The van der Waals surface area contributed by atoms with E-state index in [9.17, 15) is 0 Å². The molecule has 0 saturated heterocycles. The molecule has 0 unspecified atom stereocenters. The first-order chi connectivity index (χ1) is 9.83. The standard InChI is InChI=1S/C15H15ClN2O2/c1-19-14-5-6-15(13(12-14)4-2-7-16)20-11-10-18-9-3-8-17-18/h3,5-6,8-9,12H,7,10-11H2,1H3. The van der Waals surface area contributed by atoms with Crippen molar-refractivity contribution in [1.29, 1.82) is 0 Å². The van der Waals surface area contributed by atoms with Crippen LogP contribution in [0.25, 0.3) is 0 Å². The summed E-state index contributed by atoms with van der Waals surface area (Å²) in [6.45, 7) is 1.20. The summed E-state index contributed by atoms with van der Waals surface area (Å²) in [5.74, 6) is 7.53. The minimum absolute atomic E-state index is 0.282. The monoisotopic (exact) mass is 290 g/mol. The fraction of sp³-hybridized carbons (Fsp3) is 0.267. The van der Waals surface area contributed by atoms with Gasteiger partial charge in [-0.25, -0.2) is 0 Å². The smallest absolute Gasteiger partial charge is 0.135 e. The number of nitrogens with zero attached hydrogens (tertiary/aromatic N) is 2. The van der Waals surface area contributed by atoms with E-state index in [4.69, 9.17) is 21.1 Å². The first kappa shape index (κ1) is 14.3. The van der Waals surface area contributed by atoms with Crippen molar-refractivity contribution in [3.63, 3.8) is 0 Å². The van der Waals surface area contributed by atoms with Crippen LogP contribution in [-0.4, -0.2) is 29.4 Å². The lowest BCUT2D eigenvalue weighted by molar-refractivity contribution is 0.290. The van der Waals surface area contributed by atoms with Gasteiger partial charge >= 0.3 is 0 Å². The Balaban J connectivity index is 2.05. The van der Waals surface area contributed by atoms with Gasteiger partial charge in [-0.1, -0.05) is 11.8 Å². The lowest BCUT2D eigenvalue weighted by Gasteiger charge is -2.10. The van der Waals surface area contributed by atoms with Crippen molar-refractivity contribution >= 4 is 11.6 Å². The molecule has 0 atom stereocenters. The number of alkyl halides is 1. The molecule has 0 saturated carbocycles. The van der Waals surface area contributed by atoms with Crippen LogP contribution in [0.5, 0.6) is 11.5 Å².